The zero-order valence-corrected chi connectivity index (χ0v) is 12.5. The third-order valence-corrected chi connectivity index (χ3v) is 3.94. The topological polar surface area (TPSA) is 24.5 Å². The number of benzene rings is 1. The maximum atomic E-state index is 5.90. The predicted molar refractivity (Wildman–Crippen MR) is 79.7 cm³/mol. The van der Waals surface area contributed by atoms with Crippen molar-refractivity contribution in [2.45, 2.75) is 26.0 Å². The molecule has 1 N–H and O–H groups in total. The summed E-state index contributed by atoms with van der Waals surface area (Å²) in [4.78, 5) is 2.43. The summed E-state index contributed by atoms with van der Waals surface area (Å²) in [6, 6.07) is 8.33. The number of morpholine rings is 1. The fourth-order valence-electron chi connectivity index (χ4n) is 2.37. The second-order valence-corrected chi connectivity index (χ2v) is 5.50. The number of nitrogens with zero attached hydrogens (tertiary/aromatic N) is 1. The smallest absolute Gasteiger partial charge is 0.0826 e. The molecule has 0 bridgehead atoms. The van der Waals surface area contributed by atoms with Gasteiger partial charge in [-0.15, -0.1) is 0 Å². The van der Waals surface area contributed by atoms with E-state index in [1.54, 1.807) is 0 Å². The van der Waals surface area contributed by atoms with Gasteiger partial charge in [-0.3, -0.25) is 4.90 Å². The van der Waals surface area contributed by atoms with E-state index in [0.29, 0.717) is 12.1 Å². The second kappa shape index (κ2) is 7.25. The molecule has 0 radical (unpaired) electrons. The molecule has 1 aromatic carbocycles. The molecular formula is C15H23ClN2O. The molecule has 4 heteroatoms. The van der Waals surface area contributed by atoms with Crippen LogP contribution >= 0.6 is 11.6 Å². The molecule has 3 nitrogen and oxygen atoms in total. The van der Waals surface area contributed by atoms with Gasteiger partial charge in [-0.25, -0.2) is 0 Å². The summed E-state index contributed by atoms with van der Waals surface area (Å²) in [7, 11) is 0. The molecule has 1 unspecified atom stereocenters. The molecule has 1 saturated heterocycles. The predicted octanol–water partition coefficient (Wildman–Crippen LogP) is 2.71. The molecule has 19 heavy (non-hydrogen) atoms. The van der Waals surface area contributed by atoms with Crippen molar-refractivity contribution in [1.82, 2.24) is 10.2 Å². The first-order valence-corrected chi connectivity index (χ1v) is 7.39. The van der Waals surface area contributed by atoms with Crippen LogP contribution < -0.4 is 5.32 Å². The highest BCUT2D eigenvalue weighted by Crippen LogP contribution is 2.16. The van der Waals surface area contributed by atoms with E-state index in [-0.39, 0.29) is 0 Å². The van der Waals surface area contributed by atoms with E-state index >= 15 is 0 Å². The monoisotopic (exact) mass is 282 g/mol. The van der Waals surface area contributed by atoms with Gasteiger partial charge in [0, 0.05) is 30.7 Å². The van der Waals surface area contributed by atoms with E-state index < -0.39 is 0 Å². The van der Waals surface area contributed by atoms with E-state index in [9.17, 15) is 0 Å². The van der Waals surface area contributed by atoms with E-state index in [4.69, 9.17) is 16.3 Å². The summed E-state index contributed by atoms with van der Waals surface area (Å²) in [5.74, 6) is 0. The zero-order valence-electron chi connectivity index (χ0n) is 11.7. The van der Waals surface area contributed by atoms with Crippen LogP contribution in [0.15, 0.2) is 24.3 Å². The Hall–Kier alpha value is -0.610. The first-order valence-electron chi connectivity index (χ1n) is 7.02. The van der Waals surface area contributed by atoms with E-state index in [1.165, 1.54) is 5.56 Å². The Labute approximate surface area is 120 Å². The number of ether oxygens (including phenoxy) is 1. The van der Waals surface area contributed by atoms with Gasteiger partial charge < -0.3 is 10.1 Å². The zero-order chi connectivity index (χ0) is 13.7. The van der Waals surface area contributed by atoms with Crippen LogP contribution in [0, 0.1) is 0 Å². The number of nitrogens with one attached hydrogen (secondary N) is 1. The Morgan fingerprint density at radius 2 is 2.16 bits per heavy atom. The average Bonchev–Trinajstić information content (AvgIpc) is 2.46. The van der Waals surface area contributed by atoms with Crippen molar-refractivity contribution in [1.29, 1.82) is 0 Å². The molecule has 1 aliphatic heterocycles. The molecule has 2 rings (SSSR count). The molecule has 1 aromatic rings. The van der Waals surface area contributed by atoms with Gasteiger partial charge in [-0.05, 0) is 31.2 Å². The summed E-state index contributed by atoms with van der Waals surface area (Å²) < 4.78 is 5.79. The molecule has 0 aromatic heterocycles. The van der Waals surface area contributed by atoms with Gasteiger partial charge in [0.15, 0.2) is 0 Å². The Morgan fingerprint density at radius 1 is 1.42 bits per heavy atom. The SMILES string of the molecule is CCN1CCOC(CN[C@H](C)c2ccc(Cl)cc2)C1. The second-order valence-electron chi connectivity index (χ2n) is 5.07. The largest absolute Gasteiger partial charge is 0.374 e. The molecule has 106 valence electrons. The minimum absolute atomic E-state index is 0.295. The van der Waals surface area contributed by atoms with E-state index in [2.05, 4.69) is 36.2 Å². The summed E-state index contributed by atoms with van der Waals surface area (Å²) in [6.07, 6.45) is 0.295. The highest BCUT2D eigenvalue weighted by molar-refractivity contribution is 6.30. The first kappa shape index (κ1) is 14.8. The lowest BCUT2D eigenvalue weighted by molar-refractivity contribution is -0.0261. The third-order valence-electron chi connectivity index (χ3n) is 3.69. The maximum Gasteiger partial charge on any atom is 0.0826 e. The van der Waals surface area contributed by atoms with Crippen LogP contribution in [0.4, 0.5) is 0 Å². The molecule has 0 aliphatic carbocycles. The quantitative estimate of drug-likeness (QED) is 0.899. The van der Waals surface area contributed by atoms with Crippen molar-refractivity contribution >= 4 is 11.6 Å². The van der Waals surface area contributed by atoms with Gasteiger partial charge in [0.2, 0.25) is 0 Å². The lowest BCUT2D eigenvalue weighted by Gasteiger charge is -2.32. The van der Waals surface area contributed by atoms with Crippen LogP contribution in [0.1, 0.15) is 25.5 Å². The molecular weight excluding hydrogens is 260 g/mol. The van der Waals surface area contributed by atoms with Crippen LogP contribution in [0.2, 0.25) is 5.02 Å². The maximum absolute atomic E-state index is 5.90. The van der Waals surface area contributed by atoms with Gasteiger partial charge in [-0.1, -0.05) is 30.7 Å². The lowest BCUT2D eigenvalue weighted by Crippen LogP contribution is -2.46. The van der Waals surface area contributed by atoms with Crippen molar-refractivity contribution < 1.29 is 4.74 Å². The van der Waals surface area contributed by atoms with Gasteiger partial charge in [0.1, 0.15) is 0 Å². The molecule has 1 fully saturated rings. The number of hydrogen-bond donors (Lipinski definition) is 1. The van der Waals surface area contributed by atoms with Crippen molar-refractivity contribution in [3.63, 3.8) is 0 Å². The van der Waals surface area contributed by atoms with Crippen molar-refractivity contribution in [2.75, 3.05) is 32.8 Å². The van der Waals surface area contributed by atoms with Crippen LogP contribution in [-0.2, 0) is 4.74 Å². The standard InChI is InChI=1S/C15H23ClN2O/c1-3-18-8-9-19-15(11-18)10-17-12(2)13-4-6-14(16)7-5-13/h4-7,12,15,17H,3,8-11H2,1-2H3/t12-,15?/m1/s1. The van der Waals surface area contributed by atoms with Crippen LogP contribution in [0.3, 0.4) is 0 Å². The summed E-state index contributed by atoms with van der Waals surface area (Å²) in [5, 5.41) is 4.32. The number of halogens is 1. The Balaban J connectivity index is 1.79. The van der Waals surface area contributed by atoms with Crippen LogP contribution in [0.5, 0.6) is 0 Å². The third kappa shape index (κ3) is 4.46. The Kier molecular flexibility index (Phi) is 5.64. The van der Waals surface area contributed by atoms with Crippen molar-refractivity contribution in [2.24, 2.45) is 0 Å². The Bertz CT molecular complexity index is 382. The molecule has 0 saturated carbocycles. The van der Waals surface area contributed by atoms with Crippen LogP contribution in [0.25, 0.3) is 0 Å². The molecule has 2 atom stereocenters. The van der Waals surface area contributed by atoms with Gasteiger partial charge in [-0.2, -0.15) is 0 Å². The normalized spacial score (nSPS) is 22.4. The Morgan fingerprint density at radius 3 is 2.84 bits per heavy atom. The van der Waals surface area contributed by atoms with Crippen molar-refractivity contribution in [3.8, 4) is 0 Å². The molecule has 1 aliphatic rings. The first-order chi connectivity index (χ1) is 9.19. The minimum Gasteiger partial charge on any atom is -0.374 e. The molecule has 0 amide bonds. The highest BCUT2D eigenvalue weighted by Gasteiger charge is 2.19. The van der Waals surface area contributed by atoms with Crippen LogP contribution in [-0.4, -0.2) is 43.8 Å². The average molecular weight is 283 g/mol. The minimum atomic E-state index is 0.295. The van der Waals surface area contributed by atoms with Gasteiger partial charge >= 0.3 is 0 Å². The summed E-state index contributed by atoms with van der Waals surface area (Å²) in [6.45, 7) is 9.29. The fraction of sp³-hybridized carbons (Fsp3) is 0.600. The van der Waals surface area contributed by atoms with Crippen molar-refractivity contribution in [3.05, 3.63) is 34.9 Å². The van der Waals surface area contributed by atoms with E-state index in [1.807, 2.05) is 12.1 Å². The van der Waals surface area contributed by atoms with Gasteiger partial charge in [0.05, 0.1) is 12.7 Å². The summed E-state index contributed by atoms with van der Waals surface area (Å²) >= 11 is 5.90. The number of hydrogen-bond acceptors (Lipinski definition) is 3. The summed E-state index contributed by atoms with van der Waals surface area (Å²) in [5.41, 5.74) is 1.26. The van der Waals surface area contributed by atoms with Gasteiger partial charge in [0.25, 0.3) is 0 Å². The lowest BCUT2D eigenvalue weighted by atomic mass is 10.1. The highest BCUT2D eigenvalue weighted by atomic mass is 35.5. The number of rotatable bonds is 5. The fourth-order valence-corrected chi connectivity index (χ4v) is 2.49. The molecule has 1 heterocycles. The number of likely N-dealkylation sites (N-methyl/N-ethyl adjacent to an activating group) is 1. The molecule has 0 spiro atoms. The van der Waals surface area contributed by atoms with E-state index in [0.717, 1.165) is 37.8 Å².